The third-order valence-electron chi connectivity index (χ3n) is 5.43. The van der Waals surface area contributed by atoms with E-state index in [0.29, 0.717) is 11.7 Å². The van der Waals surface area contributed by atoms with Gasteiger partial charge in [0.25, 0.3) is 0 Å². The highest BCUT2D eigenvalue weighted by Gasteiger charge is 2.69. The second-order valence-corrected chi connectivity index (χ2v) is 8.05. The molecular weight excluding hydrogens is 284 g/mol. The molecule has 0 aromatic rings. The molecule has 118 valence electrons. The number of likely N-dealkylation sites (tertiary alicyclic amines) is 2. The van der Waals surface area contributed by atoms with E-state index in [1.165, 1.54) is 0 Å². The SMILES string of the molecule is CCSCC(=O)N1CCC2CC21C(=O)N1CCC(C)CC1. The lowest BCUT2D eigenvalue weighted by molar-refractivity contribution is -0.146. The van der Waals surface area contributed by atoms with Crippen LogP contribution in [-0.4, -0.2) is 58.3 Å². The molecule has 3 rings (SSSR count). The lowest BCUT2D eigenvalue weighted by Gasteiger charge is -2.36. The minimum atomic E-state index is -0.439. The summed E-state index contributed by atoms with van der Waals surface area (Å²) in [7, 11) is 0. The fourth-order valence-electron chi connectivity index (χ4n) is 3.95. The van der Waals surface area contributed by atoms with Crippen molar-refractivity contribution in [1.29, 1.82) is 0 Å². The molecule has 3 fully saturated rings. The van der Waals surface area contributed by atoms with E-state index in [9.17, 15) is 9.59 Å². The summed E-state index contributed by atoms with van der Waals surface area (Å²) in [5, 5.41) is 0. The second kappa shape index (κ2) is 5.82. The van der Waals surface area contributed by atoms with Crippen molar-refractivity contribution in [3.05, 3.63) is 0 Å². The zero-order valence-corrected chi connectivity index (χ0v) is 14.0. The number of nitrogens with zero attached hydrogens (tertiary/aromatic N) is 2. The van der Waals surface area contributed by atoms with Gasteiger partial charge in [-0.3, -0.25) is 9.59 Å². The van der Waals surface area contributed by atoms with Crippen LogP contribution < -0.4 is 0 Å². The van der Waals surface area contributed by atoms with Gasteiger partial charge < -0.3 is 9.80 Å². The number of piperidine rings is 2. The van der Waals surface area contributed by atoms with Gasteiger partial charge in [-0.25, -0.2) is 0 Å². The Morgan fingerprint density at radius 1 is 1.19 bits per heavy atom. The highest BCUT2D eigenvalue weighted by Crippen LogP contribution is 2.56. The van der Waals surface area contributed by atoms with Crippen LogP contribution in [-0.2, 0) is 9.59 Å². The maximum Gasteiger partial charge on any atom is 0.248 e. The van der Waals surface area contributed by atoms with Crippen LogP contribution in [0.4, 0.5) is 0 Å². The summed E-state index contributed by atoms with van der Waals surface area (Å²) < 4.78 is 0. The molecule has 1 saturated carbocycles. The molecule has 4 nitrogen and oxygen atoms in total. The average Bonchev–Trinajstić information content (AvgIpc) is 3.11. The van der Waals surface area contributed by atoms with Gasteiger partial charge in [-0.15, -0.1) is 0 Å². The normalized spacial score (nSPS) is 32.2. The highest BCUT2D eigenvalue weighted by atomic mass is 32.2. The molecule has 0 radical (unpaired) electrons. The van der Waals surface area contributed by atoms with Gasteiger partial charge in [0.05, 0.1) is 5.75 Å². The lowest BCUT2D eigenvalue weighted by atomic mass is 9.98. The molecule has 21 heavy (non-hydrogen) atoms. The summed E-state index contributed by atoms with van der Waals surface area (Å²) in [6.45, 7) is 6.86. The van der Waals surface area contributed by atoms with Crippen molar-refractivity contribution in [2.24, 2.45) is 11.8 Å². The Morgan fingerprint density at radius 2 is 1.90 bits per heavy atom. The zero-order valence-electron chi connectivity index (χ0n) is 13.1. The van der Waals surface area contributed by atoms with Gasteiger partial charge in [-0.1, -0.05) is 13.8 Å². The molecule has 1 aliphatic carbocycles. The summed E-state index contributed by atoms with van der Waals surface area (Å²) in [6.07, 6.45) is 4.12. The largest absolute Gasteiger partial charge is 0.341 e. The Morgan fingerprint density at radius 3 is 2.52 bits per heavy atom. The number of rotatable bonds is 4. The fourth-order valence-corrected chi connectivity index (χ4v) is 4.48. The summed E-state index contributed by atoms with van der Waals surface area (Å²) in [6, 6.07) is 0. The molecule has 2 saturated heterocycles. The van der Waals surface area contributed by atoms with Gasteiger partial charge in [0.15, 0.2) is 0 Å². The van der Waals surface area contributed by atoms with E-state index in [1.54, 1.807) is 11.8 Å². The molecule has 5 heteroatoms. The standard InChI is InChI=1S/C16H26N2O2S/c1-3-21-11-14(19)18-9-6-13-10-16(13,18)15(20)17-7-4-12(2)5-8-17/h12-13H,3-11H2,1-2H3. The van der Waals surface area contributed by atoms with Crippen LogP contribution in [0.1, 0.15) is 39.5 Å². The van der Waals surface area contributed by atoms with E-state index < -0.39 is 5.54 Å². The van der Waals surface area contributed by atoms with Crippen molar-refractivity contribution < 1.29 is 9.59 Å². The Balaban J connectivity index is 1.68. The average molecular weight is 310 g/mol. The van der Waals surface area contributed by atoms with Gasteiger partial charge in [0.1, 0.15) is 5.54 Å². The lowest BCUT2D eigenvalue weighted by Crippen LogP contribution is -2.53. The Bertz CT molecular complexity index is 434. The topological polar surface area (TPSA) is 40.6 Å². The van der Waals surface area contributed by atoms with Crippen molar-refractivity contribution >= 4 is 23.6 Å². The Kier molecular flexibility index (Phi) is 4.21. The minimum absolute atomic E-state index is 0.167. The minimum Gasteiger partial charge on any atom is -0.341 e. The fraction of sp³-hybridized carbons (Fsp3) is 0.875. The summed E-state index contributed by atoms with van der Waals surface area (Å²) in [5.41, 5.74) is -0.439. The zero-order chi connectivity index (χ0) is 15.0. The van der Waals surface area contributed by atoms with Crippen molar-refractivity contribution in [3.63, 3.8) is 0 Å². The monoisotopic (exact) mass is 310 g/mol. The van der Waals surface area contributed by atoms with Crippen LogP contribution in [0.2, 0.25) is 0 Å². The van der Waals surface area contributed by atoms with Crippen LogP contribution in [0.15, 0.2) is 0 Å². The molecule has 0 aromatic carbocycles. The molecule has 3 aliphatic rings. The molecular formula is C16H26N2O2S. The van der Waals surface area contributed by atoms with E-state index in [1.807, 2.05) is 9.80 Å². The Hall–Kier alpha value is -0.710. The number of amides is 2. The van der Waals surface area contributed by atoms with Crippen molar-refractivity contribution in [3.8, 4) is 0 Å². The number of fused-ring (bicyclic) bond motifs is 1. The van der Waals surface area contributed by atoms with Crippen LogP contribution in [0.5, 0.6) is 0 Å². The van der Waals surface area contributed by atoms with E-state index in [2.05, 4.69) is 13.8 Å². The maximum atomic E-state index is 13.0. The van der Waals surface area contributed by atoms with Gasteiger partial charge in [-0.05, 0) is 43.3 Å². The van der Waals surface area contributed by atoms with Crippen LogP contribution in [0, 0.1) is 11.8 Å². The molecule has 2 heterocycles. The third kappa shape index (κ3) is 2.58. The molecule has 0 spiro atoms. The molecule has 0 aromatic heterocycles. The first-order valence-electron chi connectivity index (χ1n) is 8.27. The van der Waals surface area contributed by atoms with E-state index in [-0.39, 0.29) is 11.8 Å². The van der Waals surface area contributed by atoms with E-state index >= 15 is 0 Å². The number of hydrogen-bond acceptors (Lipinski definition) is 3. The number of carbonyl (C=O) groups excluding carboxylic acids is 2. The van der Waals surface area contributed by atoms with Crippen molar-refractivity contribution in [2.45, 2.75) is 45.1 Å². The first kappa shape index (κ1) is 15.2. The van der Waals surface area contributed by atoms with E-state index in [0.717, 1.165) is 57.0 Å². The predicted octanol–water partition coefficient (Wildman–Crippen LogP) is 1.99. The summed E-state index contributed by atoms with van der Waals surface area (Å²) in [5.74, 6) is 3.04. The van der Waals surface area contributed by atoms with Crippen LogP contribution >= 0.6 is 11.8 Å². The summed E-state index contributed by atoms with van der Waals surface area (Å²) >= 11 is 1.65. The van der Waals surface area contributed by atoms with Crippen molar-refractivity contribution in [1.82, 2.24) is 9.80 Å². The van der Waals surface area contributed by atoms with Crippen LogP contribution in [0.25, 0.3) is 0 Å². The van der Waals surface area contributed by atoms with Gasteiger partial charge in [-0.2, -0.15) is 11.8 Å². The van der Waals surface area contributed by atoms with E-state index in [4.69, 9.17) is 0 Å². The molecule has 0 bridgehead atoms. The molecule has 2 atom stereocenters. The molecule has 0 N–H and O–H groups in total. The first-order valence-corrected chi connectivity index (χ1v) is 9.42. The molecule has 2 unspecified atom stereocenters. The second-order valence-electron chi connectivity index (χ2n) is 6.77. The molecule has 2 amide bonds. The quantitative estimate of drug-likeness (QED) is 0.797. The highest BCUT2D eigenvalue weighted by molar-refractivity contribution is 7.99. The maximum absolute atomic E-state index is 13.0. The predicted molar refractivity (Wildman–Crippen MR) is 85.1 cm³/mol. The third-order valence-corrected chi connectivity index (χ3v) is 6.29. The Labute approximate surface area is 131 Å². The smallest absolute Gasteiger partial charge is 0.248 e. The number of hydrogen-bond donors (Lipinski definition) is 0. The van der Waals surface area contributed by atoms with Gasteiger partial charge in [0, 0.05) is 19.6 Å². The first-order chi connectivity index (χ1) is 10.1. The van der Waals surface area contributed by atoms with Gasteiger partial charge >= 0.3 is 0 Å². The van der Waals surface area contributed by atoms with Gasteiger partial charge in [0.2, 0.25) is 11.8 Å². The number of thioether (sulfide) groups is 1. The summed E-state index contributed by atoms with van der Waals surface area (Å²) in [4.78, 5) is 29.3. The van der Waals surface area contributed by atoms with Crippen molar-refractivity contribution in [2.75, 3.05) is 31.1 Å². The number of carbonyl (C=O) groups is 2. The molecule has 2 aliphatic heterocycles. The van der Waals surface area contributed by atoms with Crippen LogP contribution in [0.3, 0.4) is 0 Å².